The molecule has 0 aliphatic heterocycles. The minimum Gasteiger partial charge on any atom is -0.294 e. The van der Waals surface area contributed by atoms with Crippen molar-refractivity contribution >= 4 is 55.4 Å². The number of nitrogens with zero attached hydrogens (tertiary/aromatic N) is 4. The fourth-order valence-corrected chi connectivity index (χ4v) is 6.86. The van der Waals surface area contributed by atoms with E-state index in [2.05, 4.69) is 138 Å². The molecule has 196 valence electrons. The summed E-state index contributed by atoms with van der Waals surface area (Å²) in [6.07, 6.45) is 1.93. The van der Waals surface area contributed by atoms with E-state index in [1.54, 1.807) is 11.8 Å². The molecule has 0 amide bonds. The maximum absolute atomic E-state index is 5.19. The van der Waals surface area contributed by atoms with Crippen molar-refractivity contribution in [2.24, 2.45) is 0 Å². The summed E-state index contributed by atoms with van der Waals surface area (Å²) in [6, 6.07) is 41.0. The van der Waals surface area contributed by atoms with Crippen molar-refractivity contribution in [1.82, 2.24) is 19.1 Å². The van der Waals surface area contributed by atoms with E-state index in [0.717, 1.165) is 38.2 Å². The number of rotatable bonds is 4. The zero-order valence-electron chi connectivity index (χ0n) is 22.7. The maximum atomic E-state index is 5.19. The molecule has 8 rings (SSSR count). The standard InChI is InChI=1S/C36H26N4S/c1-23-15-18-34(37-22-23)40-32-14-8-5-11-28(32)29-17-16-25(21-33(29)40)41-36-20-24(2)19-35(38-36)39-30-12-6-3-9-26(30)27-10-4-7-13-31(27)39/h3-22H,1-2H3. The molecule has 0 unspecified atom stereocenters. The van der Waals surface area contributed by atoms with E-state index in [1.807, 2.05) is 6.20 Å². The van der Waals surface area contributed by atoms with Crippen LogP contribution in [0, 0.1) is 13.8 Å². The van der Waals surface area contributed by atoms with Crippen LogP contribution in [0.3, 0.4) is 0 Å². The SMILES string of the molecule is Cc1ccc(-n2c3ccccc3c3ccc(Sc4cc(C)cc(-n5c6ccccc6c6ccccc65)n4)cc32)nc1. The molecule has 0 fully saturated rings. The van der Waals surface area contributed by atoms with Gasteiger partial charge in [-0.3, -0.25) is 9.13 Å². The van der Waals surface area contributed by atoms with E-state index in [9.17, 15) is 0 Å². The molecule has 4 aromatic heterocycles. The van der Waals surface area contributed by atoms with Gasteiger partial charge in [0.05, 0.1) is 22.1 Å². The lowest BCUT2D eigenvalue weighted by atomic mass is 10.2. The molecule has 41 heavy (non-hydrogen) atoms. The van der Waals surface area contributed by atoms with E-state index in [0.29, 0.717) is 0 Å². The predicted octanol–water partition coefficient (Wildman–Crippen LogP) is 9.44. The highest BCUT2D eigenvalue weighted by Crippen LogP contribution is 2.37. The molecule has 4 aromatic carbocycles. The van der Waals surface area contributed by atoms with Crippen molar-refractivity contribution in [3.8, 4) is 11.6 Å². The van der Waals surface area contributed by atoms with Gasteiger partial charge in [0, 0.05) is 32.6 Å². The Labute approximate surface area is 241 Å². The zero-order valence-corrected chi connectivity index (χ0v) is 23.6. The van der Waals surface area contributed by atoms with E-state index >= 15 is 0 Å². The lowest BCUT2D eigenvalue weighted by molar-refractivity contribution is 1.000. The van der Waals surface area contributed by atoms with Crippen LogP contribution in [0.2, 0.25) is 0 Å². The van der Waals surface area contributed by atoms with E-state index in [4.69, 9.17) is 9.97 Å². The minimum absolute atomic E-state index is 0.922. The molecule has 0 atom stereocenters. The second kappa shape index (κ2) is 9.36. The monoisotopic (exact) mass is 546 g/mol. The summed E-state index contributed by atoms with van der Waals surface area (Å²) < 4.78 is 4.55. The first kappa shape index (κ1) is 24.0. The Balaban J connectivity index is 1.27. The Morgan fingerprint density at radius 1 is 0.512 bits per heavy atom. The number of pyridine rings is 2. The van der Waals surface area contributed by atoms with Gasteiger partial charge in [-0.1, -0.05) is 78.5 Å². The van der Waals surface area contributed by atoms with E-state index < -0.39 is 0 Å². The summed E-state index contributed by atoms with van der Waals surface area (Å²) in [5, 5.41) is 5.89. The van der Waals surface area contributed by atoms with Crippen LogP contribution in [0.25, 0.3) is 55.2 Å². The number of hydrogen-bond acceptors (Lipinski definition) is 3. The average molecular weight is 547 g/mol. The highest BCUT2D eigenvalue weighted by molar-refractivity contribution is 7.99. The fourth-order valence-electron chi connectivity index (χ4n) is 5.93. The Hall–Kier alpha value is -4.87. The number of aromatic nitrogens is 4. The normalized spacial score (nSPS) is 11.8. The van der Waals surface area contributed by atoms with Crippen LogP contribution in [-0.2, 0) is 0 Å². The van der Waals surface area contributed by atoms with Gasteiger partial charge in [0.2, 0.25) is 0 Å². The summed E-state index contributed by atoms with van der Waals surface area (Å²) in [5.41, 5.74) is 6.96. The van der Waals surface area contributed by atoms with Crippen LogP contribution in [0.4, 0.5) is 0 Å². The Morgan fingerprint density at radius 3 is 1.71 bits per heavy atom. The van der Waals surface area contributed by atoms with Crippen molar-refractivity contribution in [2.45, 2.75) is 23.8 Å². The van der Waals surface area contributed by atoms with Crippen LogP contribution >= 0.6 is 11.8 Å². The number of benzene rings is 4. The topological polar surface area (TPSA) is 35.6 Å². The first-order valence-corrected chi connectivity index (χ1v) is 14.6. The highest BCUT2D eigenvalue weighted by Gasteiger charge is 2.16. The molecular formula is C36H26N4S. The molecular weight excluding hydrogens is 520 g/mol. The third-order valence-corrected chi connectivity index (χ3v) is 8.64. The van der Waals surface area contributed by atoms with Crippen molar-refractivity contribution < 1.29 is 0 Å². The van der Waals surface area contributed by atoms with Crippen LogP contribution in [0.5, 0.6) is 0 Å². The van der Waals surface area contributed by atoms with E-state index in [-0.39, 0.29) is 0 Å². The smallest absolute Gasteiger partial charge is 0.139 e. The van der Waals surface area contributed by atoms with Crippen molar-refractivity contribution in [3.05, 3.63) is 133 Å². The molecule has 0 bridgehead atoms. The molecule has 0 aliphatic rings. The number of fused-ring (bicyclic) bond motifs is 6. The largest absolute Gasteiger partial charge is 0.294 e. The van der Waals surface area contributed by atoms with Gasteiger partial charge in [0.15, 0.2) is 0 Å². The van der Waals surface area contributed by atoms with Crippen LogP contribution in [0.15, 0.2) is 131 Å². The van der Waals surface area contributed by atoms with Crippen molar-refractivity contribution in [2.75, 3.05) is 0 Å². The van der Waals surface area contributed by atoms with Gasteiger partial charge in [0.1, 0.15) is 16.7 Å². The third kappa shape index (κ3) is 3.92. The van der Waals surface area contributed by atoms with Crippen molar-refractivity contribution in [3.63, 3.8) is 0 Å². The molecule has 0 N–H and O–H groups in total. The molecule has 0 radical (unpaired) electrons. The molecule has 4 nitrogen and oxygen atoms in total. The first-order valence-electron chi connectivity index (χ1n) is 13.8. The lowest BCUT2D eigenvalue weighted by Crippen LogP contribution is -1.99. The molecule has 8 aromatic rings. The van der Waals surface area contributed by atoms with Crippen LogP contribution in [-0.4, -0.2) is 19.1 Å². The summed E-state index contributed by atoms with van der Waals surface area (Å²) in [7, 11) is 0. The van der Waals surface area contributed by atoms with Gasteiger partial charge in [-0.25, -0.2) is 9.97 Å². The van der Waals surface area contributed by atoms with E-state index in [1.165, 1.54) is 38.1 Å². The number of hydrogen-bond donors (Lipinski definition) is 0. The summed E-state index contributed by atoms with van der Waals surface area (Å²) in [6.45, 7) is 4.22. The second-order valence-electron chi connectivity index (χ2n) is 10.5. The molecule has 0 saturated carbocycles. The van der Waals surface area contributed by atoms with Gasteiger partial charge in [-0.2, -0.15) is 0 Å². The number of para-hydroxylation sites is 3. The molecule has 4 heterocycles. The highest BCUT2D eigenvalue weighted by atomic mass is 32.2. The quantitative estimate of drug-likeness (QED) is 0.221. The average Bonchev–Trinajstić information content (AvgIpc) is 3.50. The fraction of sp³-hybridized carbons (Fsp3) is 0.0556. The van der Waals surface area contributed by atoms with Crippen LogP contribution < -0.4 is 0 Å². The van der Waals surface area contributed by atoms with Gasteiger partial charge in [-0.15, -0.1) is 0 Å². The molecule has 0 saturated heterocycles. The number of aryl methyl sites for hydroxylation is 2. The lowest BCUT2D eigenvalue weighted by Gasteiger charge is -2.11. The Morgan fingerprint density at radius 2 is 1.10 bits per heavy atom. The second-order valence-corrected chi connectivity index (χ2v) is 11.6. The summed E-state index contributed by atoms with van der Waals surface area (Å²) in [5.74, 6) is 1.86. The molecule has 0 aliphatic carbocycles. The third-order valence-electron chi connectivity index (χ3n) is 7.73. The molecule has 5 heteroatoms. The Bertz CT molecular complexity index is 2200. The molecule has 0 spiro atoms. The predicted molar refractivity (Wildman–Crippen MR) is 171 cm³/mol. The summed E-state index contributed by atoms with van der Waals surface area (Å²) >= 11 is 1.70. The van der Waals surface area contributed by atoms with Crippen LogP contribution in [0.1, 0.15) is 11.1 Å². The van der Waals surface area contributed by atoms with Gasteiger partial charge >= 0.3 is 0 Å². The van der Waals surface area contributed by atoms with Crippen molar-refractivity contribution in [1.29, 1.82) is 0 Å². The zero-order chi connectivity index (χ0) is 27.5. The maximum Gasteiger partial charge on any atom is 0.139 e. The van der Waals surface area contributed by atoms with Gasteiger partial charge < -0.3 is 0 Å². The minimum atomic E-state index is 0.922. The van der Waals surface area contributed by atoms with Gasteiger partial charge in [0.25, 0.3) is 0 Å². The first-order chi connectivity index (χ1) is 20.1. The summed E-state index contributed by atoms with van der Waals surface area (Å²) in [4.78, 5) is 11.1. The van der Waals surface area contributed by atoms with Gasteiger partial charge in [-0.05, 0) is 73.5 Å². The Kier molecular flexibility index (Phi) is 5.47.